The van der Waals surface area contributed by atoms with Crippen LogP contribution in [0, 0.1) is 23.0 Å². The van der Waals surface area contributed by atoms with E-state index in [-0.39, 0.29) is 6.42 Å². The molecule has 1 nitrogen and oxygen atoms in total. The van der Waals surface area contributed by atoms with Crippen molar-refractivity contribution in [2.24, 2.45) is 0 Å². The third kappa shape index (κ3) is 2.83. The van der Waals surface area contributed by atoms with Gasteiger partial charge in [-0.2, -0.15) is 5.26 Å². The van der Waals surface area contributed by atoms with Gasteiger partial charge < -0.3 is 0 Å². The molecule has 0 aliphatic carbocycles. The molecule has 0 amide bonds. The first-order valence-electron chi connectivity index (χ1n) is 3.67. The monoisotopic (exact) mass is 235 g/mol. The van der Waals surface area contributed by atoms with Crippen molar-refractivity contribution in [1.29, 1.82) is 5.26 Å². The van der Waals surface area contributed by atoms with E-state index in [9.17, 15) is 8.78 Å². The Balaban J connectivity index is 2.90. The van der Waals surface area contributed by atoms with E-state index < -0.39 is 16.0 Å². The molecule has 0 saturated heterocycles. The van der Waals surface area contributed by atoms with Gasteiger partial charge in [0, 0.05) is 6.42 Å². The Bertz CT molecular complexity index is 385. The molecular formula is C9H5Cl2F2N. The van der Waals surface area contributed by atoms with Crippen molar-refractivity contribution in [1.82, 2.24) is 0 Å². The van der Waals surface area contributed by atoms with E-state index >= 15 is 0 Å². The molecule has 74 valence electrons. The predicted octanol–water partition coefficient (Wildman–Crippen LogP) is 3.20. The Morgan fingerprint density at radius 1 is 1.29 bits per heavy atom. The Morgan fingerprint density at radius 2 is 1.93 bits per heavy atom. The molecule has 0 heterocycles. The van der Waals surface area contributed by atoms with E-state index in [4.69, 9.17) is 28.5 Å². The van der Waals surface area contributed by atoms with Crippen LogP contribution < -0.4 is 0 Å². The van der Waals surface area contributed by atoms with Crippen molar-refractivity contribution < 1.29 is 8.78 Å². The Labute approximate surface area is 89.9 Å². The molecule has 1 aromatic carbocycles. The van der Waals surface area contributed by atoms with E-state index in [2.05, 4.69) is 0 Å². The van der Waals surface area contributed by atoms with Crippen LogP contribution in [0.4, 0.5) is 8.78 Å². The van der Waals surface area contributed by atoms with Crippen LogP contribution in [0.2, 0.25) is 0 Å². The quantitative estimate of drug-likeness (QED) is 0.723. The second kappa shape index (κ2) is 4.12. The fourth-order valence-corrected chi connectivity index (χ4v) is 1.25. The zero-order valence-corrected chi connectivity index (χ0v) is 8.41. The number of halogens is 4. The van der Waals surface area contributed by atoms with Crippen molar-refractivity contribution in [2.75, 3.05) is 0 Å². The molecule has 1 aromatic rings. The van der Waals surface area contributed by atoms with Crippen LogP contribution in [0.1, 0.15) is 5.56 Å². The molecule has 0 atom stereocenters. The third-order valence-electron chi connectivity index (χ3n) is 1.57. The number of alkyl halides is 2. The molecule has 0 aromatic heterocycles. The second-order valence-corrected chi connectivity index (χ2v) is 4.23. The summed E-state index contributed by atoms with van der Waals surface area (Å²) in [6.45, 7) is 0. The average molecular weight is 236 g/mol. The van der Waals surface area contributed by atoms with Gasteiger partial charge in [-0.3, -0.25) is 0 Å². The molecule has 0 fully saturated rings. The van der Waals surface area contributed by atoms with Crippen LogP contribution in [0.15, 0.2) is 18.2 Å². The fraction of sp³-hybridized carbons (Fsp3) is 0.222. The molecule has 5 heteroatoms. The summed E-state index contributed by atoms with van der Waals surface area (Å²) >= 11 is 11.1. The summed E-state index contributed by atoms with van der Waals surface area (Å²) in [7, 11) is 0. The molecule has 0 saturated carbocycles. The molecule has 1 rings (SSSR count). The molecule has 0 bridgehead atoms. The molecule has 14 heavy (non-hydrogen) atoms. The molecule has 0 unspecified atom stereocenters. The van der Waals surface area contributed by atoms with Gasteiger partial charge in [-0.1, -0.05) is 29.3 Å². The van der Waals surface area contributed by atoms with Gasteiger partial charge in [0.05, 0.1) is 0 Å². The van der Waals surface area contributed by atoms with Gasteiger partial charge in [0.15, 0.2) is 11.6 Å². The minimum atomic E-state index is -1.61. The Hall–Kier alpha value is -0.850. The smallest absolute Gasteiger partial charge is 0.204 e. The number of benzene rings is 1. The summed E-state index contributed by atoms with van der Waals surface area (Å²) in [5.74, 6) is -1.93. The first-order valence-corrected chi connectivity index (χ1v) is 4.43. The van der Waals surface area contributed by atoms with Crippen molar-refractivity contribution in [2.45, 2.75) is 10.8 Å². The average Bonchev–Trinajstić information content (AvgIpc) is 2.11. The maximum Gasteiger partial charge on any atom is 0.207 e. The number of hydrogen-bond acceptors (Lipinski definition) is 1. The molecule has 0 radical (unpaired) electrons. The Morgan fingerprint density at radius 3 is 2.43 bits per heavy atom. The summed E-state index contributed by atoms with van der Waals surface area (Å²) < 4.78 is 23.6. The van der Waals surface area contributed by atoms with E-state index in [1.54, 1.807) is 6.07 Å². The minimum absolute atomic E-state index is 0.0518. The topological polar surface area (TPSA) is 23.8 Å². The van der Waals surface area contributed by atoms with Gasteiger partial charge in [-0.25, -0.2) is 8.78 Å². The predicted molar refractivity (Wildman–Crippen MR) is 50.1 cm³/mol. The highest BCUT2D eigenvalue weighted by molar-refractivity contribution is 6.50. The maximum absolute atomic E-state index is 12.7. The fourth-order valence-electron chi connectivity index (χ4n) is 0.945. The lowest BCUT2D eigenvalue weighted by molar-refractivity contribution is 0.507. The van der Waals surface area contributed by atoms with E-state index in [0.29, 0.717) is 5.56 Å². The number of rotatable bonds is 2. The normalized spacial score (nSPS) is 11.1. The zero-order valence-electron chi connectivity index (χ0n) is 6.90. The van der Waals surface area contributed by atoms with Crippen molar-refractivity contribution in [3.05, 3.63) is 35.4 Å². The molecule has 0 spiro atoms. The van der Waals surface area contributed by atoms with Gasteiger partial charge in [-0.15, -0.1) is 0 Å². The van der Waals surface area contributed by atoms with Gasteiger partial charge in [-0.05, 0) is 17.7 Å². The summed E-state index contributed by atoms with van der Waals surface area (Å²) in [4.78, 5) is 0. The van der Waals surface area contributed by atoms with Gasteiger partial charge in [0.2, 0.25) is 4.33 Å². The second-order valence-electron chi connectivity index (χ2n) is 2.74. The first kappa shape index (κ1) is 11.2. The number of hydrogen-bond donors (Lipinski definition) is 0. The van der Waals surface area contributed by atoms with Crippen LogP contribution in [-0.4, -0.2) is 4.33 Å². The Kier molecular flexibility index (Phi) is 3.30. The highest BCUT2D eigenvalue weighted by Crippen LogP contribution is 2.25. The van der Waals surface area contributed by atoms with Crippen molar-refractivity contribution in [3.8, 4) is 6.07 Å². The van der Waals surface area contributed by atoms with E-state index in [1.165, 1.54) is 6.07 Å². The molecular weight excluding hydrogens is 231 g/mol. The van der Waals surface area contributed by atoms with Crippen LogP contribution in [-0.2, 0) is 6.42 Å². The van der Waals surface area contributed by atoms with Crippen LogP contribution >= 0.6 is 23.2 Å². The summed E-state index contributed by atoms with van der Waals surface area (Å²) in [5, 5.41) is 8.50. The maximum atomic E-state index is 12.7. The molecule has 0 aliphatic heterocycles. The highest BCUT2D eigenvalue weighted by atomic mass is 35.5. The largest absolute Gasteiger partial charge is 0.207 e. The van der Waals surface area contributed by atoms with E-state index in [1.807, 2.05) is 0 Å². The SMILES string of the molecule is N#CC(Cl)(Cl)Cc1ccc(F)c(F)c1. The number of nitrogens with zero attached hydrogens (tertiary/aromatic N) is 1. The van der Waals surface area contributed by atoms with Crippen molar-refractivity contribution in [3.63, 3.8) is 0 Å². The lowest BCUT2D eigenvalue weighted by atomic mass is 10.1. The van der Waals surface area contributed by atoms with E-state index in [0.717, 1.165) is 12.1 Å². The lowest BCUT2D eigenvalue weighted by Gasteiger charge is -2.09. The summed E-state index contributed by atoms with van der Waals surface area (Å²) in [6.07, 6.45) is -0.0518. The van der Waals surface area contributed by atoms with Gasteiger partial charge in [0.25, 0.3) is 0 Å². The standard InChI is InChI=1S/C9H5Cl2F2N/c10-9(11,5-14)4-6-1-2-7(12)8(13)3-6/h1-3H,4H2. The first-order chi connectivity index (χ1) is 6.44. The third-order valence-corrected chi connectivity index (χ3v) is 2.01. The van der Waals surface area contributed by atoms with Crippen LogP contribution in [0.25, 0.3) is 0 Å². The van der Waals surface area contributed by atoms with Crippen LogP contribution in [0.5, 0.6) is 0 Å². The zero-order chi connectivity index (χ0) is 10.8. The lowest BCUT2D eigenvalue weighted by Crippen LogP contribution is -2.13. The molecule has 0 aliphatic rings. The highest BCUT2D eigenvalue weighted by Gasteiger charge is 2.23. The minimum Gasteiger partial charge on any atom is -0.204 e. The molecule has 0 N–H and O–H groups in total. The van der Waals surface area contributed by atoms with Gasteiger partial charge >= 0.3 is 0 Å². The van der Waals surface area contributed by atoms with Crippen LogP contribution in [0.3, 0.4) is 0 Å². The number of nitriles is 1. The summed E-state index contributed by atoms with van der Waals surface area (Å²) in [6, 6.07) is 4.90. The summed E-state index contributed by atoms with van der Waals surface area (Å²) in [5.41, 5.74) is 0.371. The van der Waals surface area contributed by atoms with Gasteiger partial charge in [0.1, 0.15) is 6.07 Å². The van der Waals surface area contributed by atoms with Crippen molar-refractivity contribution >= 4 is 23.2 Å².